The predicted octanol–water partition coefficient (Wildman–Crippen LogP) is 1.91. The first-order valence-corrected chi connectivity index (χ1v) is 8.20. The zero-order valence-electron chi connectivity index (χ0n) is 12.8. The molecule has 0 N–H and O–H groups in total. The van der Waals surface area contributed by atoms with Crippen molar-refractivity contribution in [2.75, 3.05) is 27.0 Å². The summed E-state index contributed by atoms with van der Waals surface area (Å²) < 4.78 is 35.0. The summed E-state index contributed by atoms with van der Waals surface area (Å²) in [5.74, 6) is 0.199. The minimum absolute atomic E-state index is 0.0488. The average molecular weight is 315 g/mol. The van der Waals surface area contributed by atoms with Gasteiger partial charge in [-0.15, -0.1) is 0 Å². The highest BCUT2D eigenvalue weighted by atomic mass is 32.2. The number of nitrogens with zero attached hydrogens (tertiary/aromatic N) is 1. The van der Waals surface area contributed by atoms with Crippen LogP contribution in [0.2, 0.25) is 0 Å². The van der Waals surface area contributed by atoms with Crippen LogP contribution in [0.5, 0.6) is 11.5 Å². The SMILES string of the molecule is CCCCS(=O)(=O)N(C)C(=O)c1cc(OC)cc(OC)c1. The third-order valence-corrected chi connectivity index (χ3v) is 4.86. The first-order chi connectivity index (χ1) is 9.85. The second kappa shape index (κ2) is 7.31. The van der Waals surface area contributed by atoms with Crippen LogP contribution in [0.3, 0.4) is 0 Å². The van der Waals surface area contributed by atoms with Crippen LogP contribution in [0.1, 0.15) is 30.1 Å². The van der Waals surface area contributed by atoms with E-state index in [1.54, 1.807) is 6.07 Å². The highest BCUT2D eigenvalue weighted by molar-refractivity contribution is 7.89. The summed E-state index contributed by atoms with van der Waals surface area (Å²) >= 11 is 0. The lowest BCUT2D eigenvalue weighted by molar-refractivity contribution is 0.0882. The summed E-state index contributed by atoms with van der Waals surface area (Å²) in [5.41, 5.74) is 0.203. The number of benzene rings is 1. The Hall–Kier alpha value is -1.76. The minimum atomic E-state index is -3.61. The van der Waals surface area contributed by atoms with Gasteiger partial charge >= 0.3 is 0 Å². The van der Waals surface area contributed by atoms with Crippen molar-refractivity contribution in [2.24, 2.45) is 0 Å². The Morgan fingerprint density at radius 1 is 1.14 bits per heavy atom. The zero-order chi connectivity index (χ0) is 16.0. The summed E-state index contributed by atoms with van der Waals surface area (Å²) in [6.45, 7) is 1.89. The summed E-state index contributed by atoms with van der Waals surface area (Å²) in [6, 6.07) is 4.58. The highest BCUT2D eigenvalue weighted by Gasteiger charge is 2.24. The number of carbonyl (C=O) groups is 1. The van der Waals surface area contributed by atoms with Gasteiger partial charge in [-0.1, -0.05) is 13.3 Å². The second-order valence-corrected chi connectivity index (χ2v) is 6.66. The summed E-state index contributed by atoms with van der Waals surface area (Å²) in [7, 11) is 0.582. The summed E-state index contributed by atoms with van der Waals surface area (Å²) in [4.78, 5) is 12.3. The molecule has 0 fully saturated rings. The number of hydrogen-bond acceptors (Lipinski definition) is 5. The zero-order valence-corrected chi connectivity index (χ0v) is 13.6. The van der Waals surface area contributed by atoms with Crippen molar-refractivity contribution in [2.45, 2.75) is 19.8 Å². The van der Waals surface area contributed by atoms with Crippen LogP contribution in [-0.4, -0.2) is 45.7 Å². The van der Waals surface area contributed by atoms with E-state index in [2.05, 4.69) is 0 Å². The van der Waals surface area contributed by atoms with Crippen molar-refractivity contribution in [1.29, 1.82) is 0 Å². The molecule has 0 aromatic heterocycles. The maximum Gasteiger partial charge on any atom is 0.267 e. The first kappa shape index (κ1) is 17.3. The molecule has 7 heteroatoms. The Kier molecular flexibility index (Phi) is 6.02. The molecule has 1 rings (SSSR count). The number of rotatable bonds is 7. The first-order valence-electron chi connectivity index (χ1n) is 6.59. The fourth-order valence-corrected chi connectivity index (χ4v) is 2.99. The molecule has 0 saturated heterocycles. The average Bonchev–Trinajstić information content (AvgIpc) is 2.50. The Bertz CT molecular complexity index is 575. The van der Waals surface area contributed by atoms with Crippen molar-refractivity contribution in [1.82, 2.24) is 4.31 Å². The number of amides is 1. The molecule has 0 atom stereocenters. The van der Waals surface area contributed by atoms with E-state index in [1.165, 1.54) is 33.4 Å². The number of carbonyl (C=O) groups excluding carboxylic acids is 1. The molecular formula is C14H21NO5S. The van der Waals surface area contributed by atoms with Crippen LogP contribution < -0.4 is 9.47 Å². The maximum absolute atomic E-state index is 12.3. The van der Waals surface area contributed by atoms with Gasteiger partial charge in [-0.3, -0.25) is 4.79 Å². The van der Waals surface area contributed by atoms with Crippen molar-refractivity contribution >= 4 is 15.9 Å². The predicted molar refractivity (Wildman–Crippen MR) is 80.3 cm³/mol. The molecule has 0 aliphatic carbocycles. The third kappa shape index (κ3) is 4.35. The van der Waals surface area contributed by atoms with Crippen LogP contribution in [-0.2, 0) is 10.0 Å². The molecule has 1 aromatic carbocycles. The van der Waals surface area contributed by atoms with Gasteiger partial charge in [-0.05, 0) is 18.6 Å². The summed E-state index contributed by atoms with van der Waals surface area (Å²) in [6.07, 6.45) is 1.26. The van der Waals surface area contributed by atoms with E-state index in [4.69, 9.17) is 9.47 Å². The van der Waals surface area contributed by atoms with Gasteiger partial charge in [0.15, 0.2) is 0 Å². The van der Waals surface area contributed by atoms with Gasteiger partial charge in [0, 0.05) is 18.7 Å². The second-order valence-electron chi connectivity index (χ2n) is 4.54. The lowest BCUT2D eigenvalue weighted by Crippen LogP contribution is -2.35. The lowest BCUT2D eigenvalue weighted by Gasteiger charge is -2.18. The van der Waals surface area contributed by atoms with Gasteiger partial charge in [-0.25, -0.2) is 12.7 Å². The van der Waals surface area contributed by atoms with E-state index in [0.717, 1.165) is 10.7 Å². The van der Waals surface area contributed by atoms with Gasteiger partial charge in [0.2, 0.25) is 10.0 Å². The van der Waals surface area contributed by atoms with Gasteiger partial charge in [0.05, 0.1) is 20.0 Å². The summed E-state index contributed by atoms with van der Waals surface area (Å²) in [5, 5.41) is 0. The number of hydrogen-bond donors (Lipinski definition) is 0. The lowest BCUT2D eigenvalue weighted by atomic mass is 10.2. The molecule has 0 heterocycles. The molecule has 0 radical (unpaired) electrons. The molecule has 0 saturated carbocycles. The molecule has 21 heavy (non-hydrogen) atoms. The van der Waals surface area contributed by atoms with Crippen LogP contribution in [0.15, 0.2) is 18.2 Å². The topological polar surface area (TPSA) is 72.9 Å². The maximum atomic E-state index is 12.3. The van der Waals surface area contributed by atoms with Crippen molar-refractivity contribution < 1.29 is 22.7 Å². The Balaban J connectivity index is 3.07. The standard InChI is InChI=1S/C14H21NO5S/c1-5-6-7-21(17,18)15(2)14(16)11-8-12(19-3)10-13(9-11)20-4/h8-10H,5-7H2,1-4H3. The quantitative estimate of drug-likeness (QED) is 0.768. The molecule has 118 valence electrons. The van der Waals surface area contributed by atoms with E-state index in [0.29, 0.717) is 17.9 Å². The van der Waals surface area contributed by atoms with Crippen LogP contribution >= 0.6 is 0 Å². The smallest absolute Gasteiger partial charge is 0.267 e. The molecule has 1 amide bonds. The van der Waals surface area contributed by atoms with E-state index in [1.807, 2.05) is 6.92 Å². The Morgan fingerprint density at radius 3 is 2.10 bits per heavy atom. The molecule has 1 aromatic rings. The molecule has 0 spiro atoms. The highest BCUT2D eigenvalue weighted by Crippen LogP contribution is 2.23. The van der Waals surface area contributed by atoms with E-state index in [9.17, 15) is 13.2 Å². The fourth-order valence-electron chi connectivity index (χ4n) is 1.70. The number of ether oxygens (including phenoxy) is 2. The largest absolute Gasteiger partial charge is 0.497 e. The van der Waals surface area contributed by atoms with Crippen LogP contribution in [0.25, 0.3) is 0 Å². The third-order valence-electron chi connectivity index (χ3n) is 3.06. The van der Waals surface area contributed by atoms with Gasteiger partial charge in [0.1, 0.15) is 11.5 Å². The molecular weight excluding hydrogens is 294 g/mol. The molecule has 0 aliphatic heterocycles. The fraction of sp³-hybridized carbons (Fsp3) is 0.500. The van der Waals surface area contributed by atoms with Gasteiger partial charge in [0.25, 0.3) is 5.91 Å². The number of unbranched alkanes of at least 4 members (excludes halogenated alkanes) is 1. The van der Waals surface area contributed by atoms with Crippen LogP contribution in [0, 0.1) is 0 Å². The van der Waals surface area contributed by atoms with Crippen molar-refractivity contribution in [3.8, 4) is 11.5 Å². The van der Waals surface area contributed by atoms with Crippen LogP contribution in [0.4, 0.5) is 0 Å². The Morgan fingerprint density at radius 2 is 1.67 bits per heavy atom. The van der Waals surface area contributed by atoms with E-state index >= 15 is 0 Å². The number of sulfonamides is 1. The normalized spacial score (nSPS) is 11.0. The minimum Gasteiger partial charge on any atom is -0.497 e. The Labute approximate surface area is 125 Å². The molecule has 0 bridgehead atoms. The molecule has 6 nitrogen and oxygen atoms in total. The van der Waals surface area contributed by atoms with Gasteiger partial charge < -0.3 is 9.47 Å². The monoisotopic (exact) mass is 315 g/mol. The van der Waals surface area contributed by atoms with E-state index < -0.39 is 15.9 Å². The van der Waals surface area contributed by atoms with Crippen molar-refractivity contribution in [3.63, 3.8) is 0 Å². The van der Waals surface area contributed by atoms with Gasteiger partial charge in [-0.2, -0.15) is 0 Å². The molecule has 0 unspecified atom stereocenters. The number of methoxy groups -OCH3 is 2. The van der Waals surface area contributed by atoms with E-state index in [-0.39, 0.29) is 11.3 Å². The van der Waals surface area contributed by atoms with Crippen molar-refractivity contribution in [3.05, 3.63) is 23.8 Å². The molecule has 0 aliphatic rings.